The van der Waals surface area contributed by atoms with Crippen LogP contribution < -0.4 is 0 Å². The molecule has 0 saturated carbocycles. The summed E-state index contributed by atoms with van der Waals surface area (Å²) in [4.78, 5) is 25.3. The number of aromatic nitrogens is 1. The van der Waals surface area contributed by atoms with Crippen molar-refractivity contribution in [2.24, 2.45) is 0 Å². The second kappa shape index (κ2) is 7.67. The first-order valence-corrected chi connectivity index (χ1v) is 10.5. The molecule has 150 valence electrons. The fraction of sp³-hybridized carbons (Fsp3) is 0.238. The smallest absolute Gasteiger partial charge is 0.304 e. The zero-order chi connectivity index (χ0) is 20.9. The molecule has 0 fully saturated rings. The summed E-state index contributed by atoms with van der Waals surface area (Å²) in [5.74, 6) is -1.84. The number of carbonyl (C=O) groups is 2. The average molecular weight is 452 g/mol. The Labute approximate surface area is 180 Å². The van der Waals surface area contributed by atoms with Crippen LogP contribution >= 0.6 is 35.0 Å². The number of aryl methyl sites for hydroxylation is 1. The molecule has 0 saturated heterocycles. The Morgan fingerprint density at radius 1 is 1.24 bits per heavy atom. The maximum absolute atomic E-state index is 14.3. The van der Waals surface area contributed by atoms with Gasteiger partial charge >= 0.3 is 5.97 Å². The molecule has 4 nitrogen and oxygen atoms in total. The Bertz CT molecular complexity index is 1170. The number of carboxylic acid groups (broad SMARTS) is 1. The predicted molar refractivity (Wildman–Crippen MR) is 112 cm³/mol. The van der Waals surface area contributed by atoms with E-state index in [2.05, 4.69) is 0 Å². The third kappa shape index (κ3) is 3.65. The summed E-state index contributed by atoms with van der Waals surface area (Å²) in [6.45, 7) is 1.98. The SMILES string of the molecule is CC(=O)c1cc(F)cc2c1c(Sc1ccc(Cl)c(Cl)c1)c1n2CCC1CC(=O)O. The van der Waals surface area contributed by atoms with E-state index < -0.39 is 11.8 Å². The summed E-state index contributed by atoms with van der Waals surface area (Å²) in [6, 6.07) is 7.87. The first-order valence-electron chi connectivity index (χ1n) is 8.97. The maximum atomic E-state index is 14.3. The number of hydrogen-bond donors (Lipinski definition) is 1. The van der Waals surface area contributed by atoms with Crippen molar-refractivity contribution in [3.8, 4) is 0 Å². The highest BCUT2D eigenvalue weighted by atomic mass is 35.5. The van der Waals surface area contributed by atoms with Gasteiger partial charge in [-0.2, -0.15) is 0 Å². The predicted octanol–water partition coefficient (Wildman–Crippen LogP) is 6.40. The second-order valence-corrected chi connectivity index (χ2v) is 8.93. The van der Waals surface area contributed by atoms with Gasteiger partial charge in [0, 0.05) is 38.9 Å². The van der Waals surface area contributed by atoms with Crippen molar-refractivity contribution in [3.05, 3.63) is 57.5 Å². The number of benzene rings is 2. The second-order valence-electron chi connectivity index (χ2n) is 7.03. The van der Waals surface area contributed by atoms with Crippen LogP contribution in [-0.2, 0) is 11.3 Å². The number of nitrogens with zero attached hydrogens (tertiary/aromatic N) is 1. The molecule has 2 aromatic carbocycles. The lowest BCUT2D eigenvalue weighted by Gasteiger charge is -2.11. The first kappa shape index (κ1) is 20.3. The van der Waals surface area contributed by atoms with Gasteiger partial charge < -0.3 is 9.67 Å². The lowest BCUT2D eigenvalue weighted by Crippen LogP contribution is -2.04. The quantitative estimate of drug-likeness (QED) is 0.455. The van der Waals surface area contributed by atoms with Crippen molar-refractivity contribution in [1.29, 1.82) is 0 Å². The number of carboxylic acids is 1. The van der Waals surface area contributed by atoms with Crippen LogP contribution in [0, 0.1) is 5.82 Å². The molecule has 1 atom stereocenters. The van der Waals surface area contributed by atoms with E-state index in [4.69, 9.17) is 23.2 Å². The fourth-order valence-electron chi connectivity index (χ4n) is 3.94. The third-order valence-corrected chi connectivity index (χ3v) is 6.97. The van der Waals surface area contributed by atoms with Gasteiger partial charge in [-0.05, 0) is 43.7 Å². The van der Waals surface area contributed by atoms with Crippen molar-refractivity contribution in [2.45, 2.75) is 42.0 Å². The van der Waals surface area contributed by atoms with Crippen LogP contribution in [0.25, 0.3) is 10.9 Å². The highest BCUT2D eigenvalue weighted by Crippen LogP contribution is 2.48. The van der Waals surface area contributed by atoms with Crippen LogP contribution in [0.5, 0.6) is 0 Å². The minimum Gasteiger partial charge on any atom is -0.481 e. The van der Waals surface area contributed by atoms with Gasteiger partial charge in [0.15, 0.2) is 5.78 Å². The van der Waals surface area contributed by atoms with Crippen LogP contribution in [0.2, 0.25) is 10.0 Å². The molecule has 0 bridgehead atoms. The number of hydrogen-bond acceptors (Lipinski definition) is 3. The minimum atomic E-state index is -0.892. The zero-order valence-electron chi connectivity index (χ0n) is 15.3. The molecule has 0 amide bonds. The third-order valence-electron chi connectivity index (χ3n) is 5.12. The lowest BCUT2D eigenvalue weighted by atomic mass is 9.99. The number of Topliss-reactive ketones (excluding diaryl/α,β-unsaturated/α-hetero) is 1. The monoisotopic (exact) mass is 451 g/mol. The summed E-state index contributed by atoms with van der Waals surface area (Å²) in [6.07, 6.45) is 0.627. The van der Waals surface area contributed by atoms with Gasteiger partial charge in [0.25, 0.3) is 0 Å². The molecule has 1 unspecified atom stereocenters. The van der Waals surface area contributed by atoms with Gasteiger partial charge in [0.1, 0.15) is 5.82 Å². The Hall–Kier alpha value is -2.02. The van der Waals surface area contributed by atoms with Crippen LogP contribution in [0.15, 0.2) is 40.1 Å². The summed E-state index contributed by atoms with van der Waals surface area (Å²) < 4.78 is 16.2. The standard InChI is InChI=1S/C21H16Cl2FNO3S/c1-10(26)14-7-12(24)8-17-19(14)21(29-13-2-3-15(22)16(23)9-13)20-11(6-18(27)28)4-5-25(17)20/h2-3,7-9,11H,4-6H2,1H3,(H,27,28). The van der Waals surface area contributed by atoms with Crippen LogP contribution in [-0.4, -0.2) is 21.4 Å². The molecule has 1 aromatic heterocycles. The number of aliphatic carboxylic acids is 1. The van der Waals surface area contributed by atoms with Crippen molar-refractivity contribution >= 4 is 57.6 Å². The molecule has 8 heteroatoms. The minimum absolute atomic E-state index is 0.0247. The average Bonchev–Trinajstić information content (AvgIpc) is 3.17. The molecular weight excluding hydrogens is 436 g/mol. The van der Waals surface area contributed by atoms with E-state index in [1.165, 1.54) is 30.8 Å². The van der Waals surface area contributed by atoms with E-state index >= 15 is 0 Å². The number of halogens is 3. The fourth-order valence-corrected chi connectivity index (χ4v) is 5.55. The van der Waals surface area contributed by atoms with E-state index in [-0.39, 0.29) is 18.1 Å². The Morgan fingerprint density at radius 3 is 2.66 bits per heavy atom. The molecule has 0 aliphatic carbocycles. The van der Waals surface area contributed by atoms with E-state index in [1.54, 1.807) is 12.1 Å². The van der Waals surface area contributed by atoms with Gasteiger partial charge in [-0.15, -0.1) is 0 Å². The summed E-state index contributed by atoms with van der Waals surface area (Å²) in [5, 5.41) is 10.8. The van der Waals surface area contributed by atoms with Gasteiger partial charge in [-0.25, -0.2) is 4.39 Å². The number of ketones is 1. The molecule has 1 N–H and O–H groups in total. The molecule has 0 spiro atoms. The number of rotatable bonds is 5. The van der Waals surface area contributed by atoms with Crippen molar-refractivity contribution in [3.63, 3.8) is 0 Å². The Kier molecular flexibility index (Phi) is 5.36. The van der Waals surface area contributed by atoms with Crippen molar-refractivity contribution in [2.75, 3.05) is 0 Å². The van der Waals surface area contributed by atoms with E-state index in [0.29, 0.717) is 39.5 Å². The van der Waals surface area contributed by atoms with Crippen molar-refractivity contribution in [1.82, 2.24) is 4.57 Å². The van der Waals surface area contributed by atoms with Crippen LogP contribution in [0.4, 0.5) is 4.39 Å². The Balaban J connectivity index is 1.98. The van der Waals surface area contributed by atoms with E-state index in [1.807, 2.05) is 10.6 Å². The Morgan fingerprint density at radius 2 is 2.00 bits per heavy atom. The summed E-state index contributed by atoms with van der Waals surface area (Å²) in [7, 11) is 0. The van der Waals surface area contributed by atoms with Crippen molar-refractivity contribution < 1.29 is 19.1 Å². The maximum Gasteiger partial charge on any atom is 0.304 e. The normalized spacial score (nSPS) is 15.7. The molecule has 3 aromatic rings. The summed E-state index contributed by atoms with van der Waals surface area (Å²) in [5.41, 5.74) is 1.73. The lowest BCUT2D eigenvalue weighted by molar-refractivity contribution is -0.137. The molecule has 0 radical (unpaired) electrons. The topological polar surface area (TPSA) is 59.3 Å². The van der Waals surface area contributed by atoms with Gasteiger partial charge in [0.2, 0.25) is 0 Å². The van der Waals surface area contributed by atoms with Crippen LogP contribution in [0.1, 0.15) is 41.7 Å². The van der Waals surface area contributed by atoms with Crippen LogP contribution in [0.3, 0.4) is 0 Å². The van der Waals surface area contributed by atoms with Gasteiger partial charge in [-0.3, -0.25) is 9.59 Å². The highest BCUT2D eigenvalue weighted by molar-refractivity contribution is 7.99. The molecule has 29 heavy (non-hydrogen) atoms. The molecule has 1 aliphatic heterocycles. The number of fused-ring (bicyclic) bond motifs is 3. The van der Waals surface area contributed by atoms with Gasteiger partial charge in [0.05, 0.1) is 22.0 Å². The number of carbonyl (C=O) groups excluding carboxylic acids is 1. The summed E-state index contributed by atoms with van der Waals surface area (Å²) >= 11 is 13.6. The zero-order valence-corrected chi connectivity index (χ0v) is 17.7. The van der Waals surface area contributed by atoms with E-state index in [0.717, 1.165) is 15.5 Å². The van der Waals surface area contributed by atoms with E-state index in [9.17, 15) is 19.1 Å². The largest absolute Gasteiger partial charge is 0.481 e. The molecular formula is C21H16Cl2FNO3S. The molecule has 1 aliphatic rings. The first-order chi connectivity index (χ1) is 13.8. The molecule has 4 rings (SSSR count). The van der Waals surface area contributed by atoms with Gasteiger partial charge in [-0.1, -0.05) is 35.0 Å². The highest BCUT2D eigenvalue weighted by Gasteiger charge is 2.33. The molecule has 2 heterocycles.